The average molecular weight is 410 g/mol. The molecule has 0 spiro atoms. The normalized spacial score (nSPS) is 12.1. The molecule has 30 heavy (non-hydrogen) atoms. The fourth-order valence-corrected chi connectivity index (χ4v) is 3.28. The first-order chi connectivity index (χ1) is 14.5. The number of carbonyl (C=O) groups excluding carboxylic acids is 1. The summed E-state index contributed by atoms with van der Waals surface area (Å²) in [5.74, 6) is -1.34. The Morgan fingerprint density at radius 2 is 1.90 bits per heavy atom. The number of carbonyl (C=O) groups is 2. The van der Waals surface area contributed by atoms with E-state index in [1.54, 1.807) is 12.1 Å². The first-order valence-corrected chi connectivity index (χ1v) is 9.14. The van der Waals surface area contributed by atoms with Gasteiger partial charge in [-0.05, 0) is 23.8 Å². The third kappa shape index (κ3) is 4.12. The molecule has 8 nitrogen and oxygen atoms in total. The van der Waals surface area contributed by atoms with Crippen LogP contribution in [0.15, 0.2) is 47.6 Å². The molecule has 3 aromatic rings. The van der Waals surface area contributed by atoms with Crippen LogP contribution in [0, 0.1) is 0 Å². The van der Waals surface area contributed by atoms with Gasteiger partial charge in [-0.3, -0.25) is 4.99 Å². The Kier molecular flexibility index (Phi) is 6.36. The van der Waals surface area contributed by atoms with Gasteiger partial charge in [-0.1, -0.05) is 18.2 Å². The topological polar surface area (TPSA) is 110 Å². The lowest BCUT2D eigenvalue weighted by molar-refractivity contribution is -0.142. The maximum absolute atomic E-state index is 12.3. The van der Waals surface area contributed by atoms with Crippen LogP contribution in [0.3, 0.4) is 0 Å². The van der Waals surface area contributed by atoms with Crippen molar-refractivity contribution in [3.05, 3.63) is 59.3 Å². The number of aromatic nitrogens is 1. The van der Waals surface area contributed by atoms with Crippen LogP contribution in [0.25, 0.3) is 10.9 Å². The van der Waals surface area contributed by atoms with Gasteiger partial charge in [0.25, 0.3) is 0 Å². The van der Waals surface area contributed by atoms with Crippen molar-refractivity contribution >= 4 is 29.1 Å². The van der Waals surface area contributed by atoms with E-state index in [0.29, 0.717) is 6.42 Å². The van der Waals surface area contributed by atoms with Gasteiger partial charge in [0.2, 0.25) is 0 Å². The van der Waals surface area contributed by atoms with Gasteiger partial charge in [0.05, 0.1) is 21.3 Å². The number of methoxy groups -OCH3 is 3. The van der Waals surface area contributed by atoms with Crippen LogP contribution in [0.5, 0.6) is 11.5 Å². The molecule has 0 saturated carbocycles. The summed E-state index contributed by atoms with van der Waals surface area (Å²) in [4.78, 5) is 31.7. The molecule has 0 radical (unpaired) electrons. The van der Waals surface area contributed by atoms with Gasteiger partial charge < -0.3 is 24.3 Å². The molecular formula is C22H22N2O6. The van der Waals surface area contributed by atoms with E-state index in [4.69, 9.17) is 14.2 Å². The highest BCUT2D eigenvalue weighted by Crippen LogP contribution is 2.33. The first kappa shape index (κ1) is 20.9. The van der Waals surface area contributed by atoms with E-state index in [1.807, 2.05) is 30.5 Å². The summed E-state index contributed by atoms with van der Waals surface area (Å²) in [6.45, 7) is 0. The molecular weight excluding hydrogens is 388 g/mol. The summed E-state index contributed by atoms with van der Waals surface area (Å²) in [5, 5.41) is 10.6. The van der Waals surface area contributed by atoms with E-state index < -0.39 is 18.0 Å². The fraction of sp³-hybridized carbons (Fsp3) is 0.227. The number of esters is 1. The largest absolute Gasteiger partial charge is 0.493 e. The SMILES string of the molecule is COC(=O)[C@H](Cc1c[nH]c2ccccc12)N=Cc1ccc(OC)c(OC)c1C(=O)O. The van der Waals surface area contributed by atoms with Crippen LogP contribution in [0.4, 0.5) is 0 Å². The smallest absolute Gasteiger partial charge is 0.340 e. The van der Waals surface area contributed by atoms with Gasteiger partial charge >= 0.3 is 11.9 Å². The van der Waals surface area contributed by atoms with Crippen LogP contribution < -0.4 is 9.47 Å². The zero-order valence-electron chi connectivity index (χ0n) is 16.8. The number of benzene rings is 2. The van der Waals surface area contributed by atoms with Gasteiger partial charge in [0.1, 0.15) is 5.56 Å². The molecule has 0 bridgehead atoms. The number of para-hydroxylation sites is 1. The molecule has 0 aliphatic carbocycles. The summed E-state index contributed by atoms with van der Waals surface area (Å²) in [6.07, 6.45) is 3.47. The number of aromatic carboxylic acids is 1. The quantitative estimate of drug-likeness (QED) is 0.436. The van der Waals surface area contributed by atoms with Crippen molar-refractivity contribution in [2.24, 2.45) is 4.99 Å². The number of carboxylic acids is 1. The molecule has 0 fully saturated rings. The second kappa shape index (κ2) is 9.13. The third-order valence-electron chi connectivity index (χ3n) is 4.75. The maximum Gasteiger partial charge on any atom is 0.340 e. The average Bonchev–Trinajstić information content (AvgIpc) is 3.17. The second-order valence-corrected chi connectivity index (χ2v) is 6.45. The van der Waals surface area contributed by atoms with Crippen molar-refractivity contribution in [2.75, 3.05) is 21.3 Å². The molecule has 2 aromatic carbocycles. The molecule has 0 aliphatic rings. The van der Waals surface area contributed by atoms with Gasteiger partial charge in [0.15, 0.2) is 17.5 Å². The zero-order chi connectivity index (χ0) is 21.7. The Hall–Kier alpha value is -3.81. The van der Waals surface area contributed by atoms with Crippen LogP contribution in [-0.4, -0.2) is 55.6 Å². The Balaban J connectivity index is 1.98. The minimum absolute atomic E-state index is 0.0835. The number of aromatic amines is 1. The molecule has 1 atom stereocenters. The first-order valence-electron chi connectivity index (χ1n) is 9.14. The Morgan fingerprint density at radius 3 is 2.57 bits per heavy atom. The molecule has 8 heteroatoms. The Bertz CT molecular complexity index is 1100. The minimum Gasteiger partial charge on any atom is -0.493 e. The molecule has 0 amide bonds. The molecule has 0 aliphatic heterocycles. The monoisotopic (exact) mass is 410 g/mol. The van der Waals surface area contributed by atoms with Crippen LogP contribution in [0.1, 0.15) is 21.5 Å². The maximum atomic E-state index is 12.3. The summed E-state index contributed by atoms with van der Waals surface area (Å²) >= 11 is 0. The van der Waals surface area contributed by atoms with Crippen molar-refractivity contribution in [1.82, 2.24) is 4.98 Å². The van der Waals surface area contributed by atoms with Crippen molar-refractivity contribution in [2.45, 2.75) is 12.5 Å². The van der Waals surface area contributed by atoms with Gasteiger partial charge in [-0.2, -0.15) is 0 Å². The lowest BCUT2D eigenvalue weighted by atomic mass is 10.0. The van der Waals surface area contributed by atoms with E-state index in [9.17, 15) is 14.7 Å². The van der Waals surface area contributed by atoms with E-state index in [2.05, 4.69) is 9.98 Å². The molecule has 1 aromatic heterocycles. The predicted molar refractivity (Wildman–Crippen MR) is 112 cm³/mol. The van der Waals surface area contributed by atoms with Gasteiger partial charge in [-0.15, -0.1) is 0 Å². The van der Waals surface area contributed by atoms with Gasteiger partial charge in [0, 0.05) is 35.3 Å². The van der Waals surface area contributed by atoms with Crippen LogP contribution in [-0.2, 0) is 16.0 Å². The number of ether oxygens (including phenoxy) is 3. The third-order valence-corrected chi connectivity index (χ3v) is 4.75. The fourth-order valence-electron chi connectivity index (χ4n) is 3.28. The lowest BCUT2D eigenvalue weighted by Gasteiger charge is -2.13. The number of nitrogens with one attached hydrogen (secondary N) is 1. The second-order valence-electron chi connectivity index (χ2n) is 6.45. The predicted octanol–water partition coefficient (Wildman–Crippen LogP) is 3.09. The molecule has 0 unspecified atom stereocenters. The number of rotatable bonds is 8. The highest BCUT2D eigenvalue weighted by molar-refractivity contribution is 6.02. The van der Waals surface area contributed by atoms with Crippen molar-refractivity contribution in [1.29, 1.82) is 0 Å². The number of aliphatic imine (C=N–C) groups is 1. The number of fused-ring (bicyclic) bond motifs is 1. The highest BCUT2D eigenvalue weighted by atomic mass is 16.5. The van der Waals surface area contributed by atoms with Crippen LogP contribution >= 0.6 is 0 Å². The number of hydrogen-bond acceptors (Lipinski definition) is 6. The number of nitrogens with zero attached hydrogens (tertiary/aromatic N) is 1. The number of carboxylic acid groups (broad SMARTS) is 1. The number of hydrogen-bond donors (Lipinski definition) is 2. The zero-order valence-corrected chi connectivity index (χ0v) is 16.8. The molecule has 3 rings (SSSR count). The standard InChI is InChI=1S/C22H22N2O6/c1-28-18-9-8-13(19(21(25)26)20(18)29-2)11-24-17(22(27)30-3)10-14-12-23-16-7-5-4-6-15(14)16/h4-9,11-12,17,23H,10H2,1-3H3,(H,25,26)/t17-/m0/s1. The highest BCUT2D eigenvalue weighted by Gasteiger charge is 2.23. The van der Waals surface area contributed by atoms with Crippen molar-refractivity contribution in [3.63, 3.8) is 0 Å². The molecule has 0 saturated heterocycles. The summed E-state index contributed by atoms with van der Waals surface area (Å²) in [6, 6.07) is 10.0. The van der Waals surface area contributed by atoms with Crippen molar-refractivity contribution < 1.29 is 28.9 Å². The lowest BCUT2D eigenvalue weighted by Crippen LogP contribution is -2.23. The molecule has 1 heterocycles. The van der Waals surface area contributed by atoms with E-state index >= 15 is 0 Å². The summed E-state index contributed by atoms with van der Waals surface area (Å²) < 4.78 is 15.3. The Labute approximate surface area is 173 Å². The van der Waals surface area contributed by atoms with E-state index in [-0.39, 0.29) is 22.6 Å². The van der Waals surface area contributed by atoms with Gasteiger partial charge in [-0.25, -0.2) is 9.59 Å². The van der Waals surface area contributed by atoms with E-state index in [1.165, 1.54) is 27.5 Å². The minimum atomic E-state index is -1.20. The number of H-pyrrole nitrogens is 1. The summed E-state index contributed by atoms with van der Waals surface area (Å²) in [5.41, 5.74) is 2.04. The Morgan fingerprint density at radius 1 is 1.13 bits per heavy atom. The van der Waals surface area contributed by atoms with Crippen LogP contribution in [0.2, 0.25) is 0 Å². The van der Waals surface area contributed by atoms with Crippen molar-refractivity contribution in [3.8, 4) is 11.5 Å². The molecule has 2 N–H and O–H groups in total. The molecule has 156 valence electrons. The summed E-state index contributed by atoms with van der Waals surface area (Å²) in [7, 11) is 4.07. The van der Waals surface area contributed by atoms with E-state index in [0.717, 1.165) is 16.5 Å².